The minimum absolute atomic E-state index is 0.159. The molecule has 110 valence electrons. The van der Waals surface area contributed by atoms with Gasteiger partial charge in [0, 0.05) is 18.5 Å². The van der Waals surface area contributed by atoms with E-state index in [0.29, 0.717) is 17.4 Å². The number of fused-ring (bicyclic) bond motifs is 1. The molecule has 2 aliphatic rings. The molecule has 6 heteroatoms. The van der Waals surface area contributed by atoms with Crippen molar-refractivity contribution in [2.45, 2.75) is 37.6 Å². The van der Waals surface area contributed by atoms with Crippen molar-refractivity contribution in [2.75, 3.05) is 11.9 Å². The quantitative estimate of drug-likeness (QED) is 0.923. The van der Waals surface area contributed by atoms with Crippen LogP contribution in [0, 0.1) is 11.6 Å². The topological polar surface area (TPSA) is 42.7 Å². The number of halogens is 2. The van der Waals surface area contributed by atoms with E-state index in [-0.39, 0.29) is 6.04 Å². The predicted molar refractivity (Wildman–Crippen MR) is 74.2 cm³/mol. The average Bonchev–Trinajstić information content (AvgIpc) is 2.78. The third kappa shape index (κ3) is 2.18. The fourth-order valence-corrected chi connectivity index (χ4v) is 3.04. The predicted octanol–water partition coefficient (Wildman–Crippen LogP) is 3.23. The van der Waals surface area contributed by atoms with E-state index < -0.39 is 11.6 Å². The molecule has 1 N–H and O–H groups in total. The lowest BCUT2D eigenvalue weighted by atomic mass is 9.85. The van der Waals surface area contributed by atoms with Gasteiger partial charge in [0.15, 0.2) is 5.82 Å². The number of nitrogens with zero attached hydrogens (tertiary/aromatic N) is 3. The zero-order valence-electron chi connectivity index (χ0n) is 11.5. The van der Waals surface area contributed by atoms with Gasteiger partial charge in [0.05, 0.1) is 6.04 Å². The molecule has 0 bridgehead atoms. The van der Waals surface area contributed by atoms with Crippen molar-refractivity contribution >= 4 is 5.95 Å². The lowest BCUT2D eigenvalue weighted by Gasteiger charge is -2.25. The molecule has 0 saturated heterocycles. The molecule has 1 unspecified atom stereocenters. The van der Waals surface area contributed by atoms with E-state index in [1.54, 1.807) is 4.68 Å². The van der Waals surface area contributed by atoms with Gasteiger partial charge in [-0.2, -0.15) is 10.1 Å². The minimum Gasteiger partial charge on any atom is -0.354 e. The molecule has 0 radical (unpaired) electrons. The van der Waals surface area contributed by atoms with Gasteiger partial charge >= 0.3 is 0 Å². The number of aromatic nitrogens is 3. The highest BCUT2D eigenvalue weighted by molar-refractivity contribution is 5.34. The Bertz CT molecular complexity index is 658. The van der Waals surface area contributed by atoms with Gasteiger partial charge in [0.1, 0.15) is 11.6 Å². The number of anilines is 1. The van der Waals surface area contributed by atoms with Gasteiger partial charge in [0.25, 0.3) is 0 Å². The van der Waals surface area contributed by atoms with Gasteiger partial charge in [-0.1, -0.05) is 6.42 Å². The van der Waals surface area contributed by atoms with Crippen LogP contribution >= 0.6 is 0 Å². The second-order valence-electron chi connectivity index (χ2n) is 5.80. The molecule has 2 aromatic rings. The molecule has 1 aliphatic carbocycles. The fraction of sp³-hybridized carbons (Fsp3) is 0.467. The van der Waals surface area contributed by atoms with Gasteiger partial charge < -0.3 is 5.32 Å². The number of nitrogens with one attached hydrogen (secondary N) is 1. The number of hydrogen-bond acceptors (Lipinski definition) is 3. The molecule has 1 saturated carbocycles. The summed E-state index contributed by atoms with van der Waals surface area (Å²) in [5, 5.41) is 7.80. The van der Waals surface area contributed by atoms with Crippen LogP contribution in [-0.4, -0.2) is 21.3 Å². The van der Waals surface area contributed by atoms with Crippen molar-refractivity contribution in [1.82, 2.24) is 14.8 Å². The molecule has 4 nitrogen and oxygen atoms in total. The van der Waals surface area contributed by atoms with E-state index in [1.165, 1.54) is 18.6 Å². The summed E-state index contributed by atoms with van der Waals surface area (Å²) >= 11 is 0. The van der Waals surface area contributed by atoms with E-state index in [4.69, 9.17) is 0 Å². The number of rotatable bonds is 2. The maximum absolute atomic E-state index is 13.5. The van der Waals surface area contributed by atoms with Crippen LogP contribution in [0.25, 0.3) is 0 Å². The van der Waals surface area contributed by atoms with Crippen LogP contribution in [0.1, 0.15) is 49.0 Å². The standard InChI is InChI=1S/C15H16F2N4/c16-11-6-10(7-12(17)8-11)13-4-5-18-15-19-14(20-21(13)15)9-2-1-3-9/h6-9,13H,1-5H2,(H,18,19,20). The smallest absolute Gasteiger partial charge is 0.221 e. The highest BCUT2D eigenvalue weighted by Crippen LogP contribution is 2.37. The highest BCUT2D eigenvalue weighted by Gasteiger charge is 2.29. The minimum atomic E-state index is -0.551. The molecule has 0 spiro atoms. The van der Waals surface area contributed by atoms with Crippen molar-refractivity contribution in [3.05, 3.63) is 41.2 Å². The Morgan fingerprint density at radius 2 is 1.86 bits per heavy atom. The Morgan fingerprint density at radius 3 is 2.52 bits per heavy atom. The van der Waals surface area contributed by atoms with Crippen LogP contribution in [-0.2, 0) is 0 Å². The Balaban J connectivity index is 1.73. The Morgan fingerprint density at radius 1 is 1.10 bits per heavy atom. The Labute approximate surface area is 121 Å². The number of hydrogen-bond donors (Lipinski definition) is 1. The van der Waals surface area contributed by atoms with Gasteiger partial charge in [-0.05, 0) is 37.0 Å². The normalized spacial score (nSPS) is 21.5. The largest absolute Gasteiger partial charge is 0.354 e. The molecule has 1 atom stereocenters. The molecule has 1 aromatic heterocycles. The molecular weight excluding hydrogens is 274 g/mol. The van der Waals surface area contributed by atoms with Crippen molar-refractivity contribution in [3.63, 3.8) is 0 Å². The molecule has 21 heavy (non-hydrogen) atoms. The van der Waals surface area contributed by atoms with Crippen molar-refractivity contribution in [3.8, 4) is 0 Å². The van der Waals surface area contributed by atoms with E-state index >= 15 is 0 Å². The first kappa shape index (κ1) is 12.7. The lowest BCUT2D eigenvalue weighted by Crippen LogP contribution is -2.25. The van der Waals surface area contributed by atoms with E-state index in [9.17, 15) is 8.78 Å². The first-order chi connectivity index (χ1) is 10.2. The lowest BCUT2D eigenvalue weighted by molar-refractivity contribution is 0.393. The summed E-state index contributed by atoms with van der Waals surface area (Å²) in [6, 6.07) is 3.50. The molecule has 0 amide bonds. The summed E-state index contributed by atoms with van der Waals surface area (Å²) < 4.78 is 28.7. The molecule has 2 heterocycles. The van der Waals surface area contributed by atoms with Gasteiger partial charge in [-0.15, -0.1) is 0 Å². The van der Waals surface area contributed by atoms with Crippen LogP contribution in [0.4, 0.5) is 14.7 Å². The van der Waals surface area contributed by atoms with Crippen molar-refractivity contribution in [2.24, 2.45) is 0 Å². The molecule has 1 aliphatic heterocycles. The molecule has 1 aromatic carbocycles. The summed E-state index contributed by atoms with van der Waals surface area (Å²) in [6.45, 7) is 0.728. The highest BCUT2D eigenvalue weighted by atomic mass is 19.1. The van der Waals surface area contributed by atoms with E-state index in [2.05, 4.69) is 15.4 Å². The van der Waals surface area contributed by atoms with Crippen molar-refractivity contribution < 1.29 is 8.78 Å². The van der Waals surface area contributed by atoms with Crippen LogP contribution in [0.2, 0.25) is 0 Å². The van der Waals surface area contributed by atoms with Crippen LogP contribution in [0.5, 0.6) is 0 Å². The summed E-state index contributed by atoms with van der Waals surface area (Å²) in [4.78, 5) is 4.55. The van der Waals surface area contributed by atoms with Gasteiger partial charge in [-0.25, -0.2) is 13.5 Å². The first-order valence-electron chi connectivity index (χ1n) is 7.37. The zero-order chi connectivity index (χ0) is 14.4. The van der Waals surface area contributed by atoms with Crippen LogP contribution < -0.4 is 5.32 Å². The maximum atomic E-state index is 13.5. The summed E-state index contributed by atoms with van der Waals surface area (Å²) in [7, 11) is 0. The molecular formula is C15H16F2N4. The summed E-state index contributed by atoms with van der Waals surface area (Å²) in [5.41, 5.74) is 0.611. The van der Waals surface area contributed by atoms with Crippen molar-refractivity contribution in [1.29, 1.82) is 0 Å². The van der Waals surface area contributed by atoms with Gasteiger partial charge in [-0.3, -0.25) is 0 Å². The van der Waals surface area contributed by atoms with Crippen LogP contribution in [0.3, 0.4) is 0 Å². The summed E-state index contributed by atoms with van der Waals surface area (Å²) in [6.07, 6.45) is 4.22. The van der Waals surface area contributed by atoms with E-state index in [1.807, 2.05) is 0 Å². The second kappa shape index (κ2) is 4.79. The SMILES string of the molecule is Fc1cc(F)cc(C2CCNc3nc(C4CCC4)nn32)c1. The van der Waals surface area contributed by atoms with Crippen LogP contribution in [0.15, 0.2) is 18.2 Å². The maximum Gasteiger partial charge on any atom is 0.221 e. The zero-order valence-corrected chi connectivity index (χ0v) is 11.5. The second-order valence-corrected chi connectivity index (χ2v) is 5.80. The van der Waals surface area contributed by atoms with E-state index in [0.717, 1.165) is 37.7 Å². The summed E-state index contributed by atoms with van der Waals surface area (Å²) in [5.74, 6) is 0.897. The molecule has 1 fully saturated rings. The average molecular weight is 290 g/mol. The Kier molecular flexibility index (Phi) is 2.90. The third-order valence-corrected chi connectivity index (χ3v) is 4.38. The fourth-order valence-electron chi connectivity index (χ4n) is 3.04. The first-order valence-corrected chi connectivity index (χ1v) is 7.37. The Hall–Kier alpha value is -1.98. The molecule has 4 rings (SSSR count). The van der Waals surface area contributed by atoms with Gasteiger partial charge in [0.2, 0.25) is 5.95 Å². The monoisotopic (exact) mass is 290 g/mol. The number of benzene rings is 1. The third-order valence-electron chi connectivity index (χ3n) is 4.38.